The Kier molecular flexibility index (Phi) is 4.66. The molecule has 0 fully saturated rings. The monoisotopic (exact) mass is 472 g/mol. The number of rotatable bonds is 3. The van der Waals surface area contributed by atoms with E-state index in [-0.39, 0.29) is 5.09 Å². The molecule has 0 aliphatic heterocycles. The van der Waals surface area contributed by atoms with Crippen molar-refractivity contribution in [3.63, 3.8) is 0 Å². The van der Waals surface area contributed by atoms with Crippen LogP contribution >= 0.6 is 31.9 Å². The quantitative estimate of drug-likeness (QED) is 0.587. The first-order chi connectivity index (χ1) is 11.4. The molecule has 0 atom stereocenters. The fourth-order valence-electron chi connectivity index (χ4n) is 2.07. The van der Waals surface area contributed by atoms with Gasteiger partial charge in [-0.1, -0.05) is 18.2 Å². The summed E-state index contributed by atoms with van der Waals surface area (Å²) in [7, 11) is -4.13. The van der Waals surface area contributed by atoms with Crippen LogP contribution in [0.5, 0.6) is 0 Å². The zero-order valence-corrected chi connectivity index (χ0v) is 15.9. The lowest BCUT2D eigenvalue weighted by Gasteiger charge is -2.08. The number of furan rings is 1. The third kappa shape index (κ3) is 3.47. The Morgan fingerprint density at radius 1 is 1.04 bits per heavy atom. The van der Waals surface area contributed by atoms with Crippen molar-refractivity contribution in [2.24, 2.45) is 0 Å². The number of urea groups is 1. The van der Waals surface area contributed by atoms with Crippen LogP contribution in [0.2, 0.25) is 0 Å². The van der Waals surface area contributed by atoms with Crippen molar-refractivity contribution in [1.29, 1.82) is 0 Å². The van der Waals surface area contributed by atoms with Gasteiger partial charge in [-0.05, 0) is 56.1 Å². The lowest BCUT2D eigenvalue weighted by Crippen LogP contribution is -2.34. The fraction of sp³-hybridized carbons (Fsp3) is 0. The van der Waals surface area contributed by atoms with E-state index in [1.165, 1.54) is 6.26 Å². The number of anilines is 1. The smallest absolute Gasteiger partial charge is 0.333 e. The summed E-state index contributed by atoms with van der Waals surface area (Å²) in [5, 5.41) is 3.19. The molecule has 0 saturated heterocycles. The molecule has 24 heavy (non-hydrogen) atoms. The van der Waals surface area contributed by atoms with Crippen LogP contribution in [0.15, 0.2) is 67.2 Å². The minimum atomic E-state index is -4.13. The van der Waals surface area contributed by atoms with Crippen LogP contribution in [0, 0.1) is 0 Å². The first-order valence-electron chi connectivity index (χ1n) is 6.62. The highest BCUT2D eigenvalue weighted by Gasteiger charge is 2.24. The van der Waals surface area contributed by atoms with E-state index in [0.29, 0.717) is 16.5 Å². The average Bonchev–Trinajstić information content (AvgIpc) is 2.95. The zero-order chi connectivity index (χ0) is 17.3. The molecule has 6 nitrogen and oxygen atoms in total. The van der Waals surface area contributed by atoms with Gasteiger partial charge in [0, 0.05) is 25.4 Å². The Labute approximate surface area is 154 Å². The summed E-state index contributed by atoms with van der Waals surface area (Å²) in [5.41, 5.74) is 0.432. The summed E-state index contributed by atoms with van der Waals surface area (Å²) in [6.07, 6.45) is 1.33. The fourth-order valence-corrected chi connectivity index (χ4v) is 3.74. The minimum Gasteiger partial charge on any atom is -0.450 e. The van der Waals surface area contributed by atoms with E-state index < -0.39 is 16.1 Å². The molecule has 0 bridgehead atoms. The molecular formula is C15H10Br2N2O4S. The molecule has 0 spiro atoms. The van der Waals surface area contributed by atoms with Crippen molar-refractivity contribution in [3.8, 4) is 0 Å². The Hall–Kier alpha value is -1.84. The van der Waals surface area contributed by atoms with Crippen LogP contribution in [0.4, 0.5) is 10.5 Å². The molecule has 1 heterocycles. The van der Waals surface area contributed by atoms with Crippen molar-refractivity contribution in [2.45, 2.75) is 5.09 Å². The van der Waals surface area contributed by atoms with Gasteiger partial charge in [-0.15, -0.1) is 0 Å². The maximum absolute atomic E-state index is 12.3. The maximum Gasteiger partial charge on any atom is 0.333 e. The normalized spacial score (nSPS) is 11.4. The molecule has 3 rings (SSSR count). The lowest BCUT2D eigenvalue weighted by atomic mass is 10.2. The molecule has 0 saturated carbocycles. The number of halogens is 2. The Morgan fingerprint density at radius 2 is 1.79 bits per heavy atom. The highest BCUT2D eigenvalue weighted by Crippen LogP contribution is 2.27. The number of sulfonamides is 1. The first kappa shape index (κ1) is 17.0. The Bertz CT molecular complexity index is 1030. The number of benzene rings is 2. The van der Waals surface area contributed by atoms with Gasteiger partial charge in [-0.3, -0.25) is 0 Å². The summed E-state index contributed by atoms with van der Waals surface area (Å²) in [5.74, 6) is 0. The van der Waals surface area contributed by atoms with Crippen LogP contribution in [-0.4, -0.2) is 14.4 Å². The Morgan fingerprint density at radius 3 is 2.54 bits per heavy atom. The highest BCUT2D eigenvalue weighted by atomic mass is 79.9. The zero-order valence-electron chi connectivity index (χ0n) is 11.9. The molecule has 0 aliphatic carbocycles. The lowest BCUT2D eigenvalue weighted by molar-refractivity contribution is 0.256. The largest absolute Gasteiger partial charge is 0.450 e. The maximum atomic E-state index is 12.3. The van der Waals surface area contributed by atoms with E-state index >= 15 is 0 Å². The van der Waals surface area contributed by atoms with E-state index in [1.54, 1.807) is 42.5 Å². The van der Waals surface area contributed by atoms with Gasteiger partial charge in [0.15, 0.2) is 0 Å². The number of nitrogens with one attached hydrogen (secondary N) is 2. The van der Waals surface area contributed by atoms with Crippen LogP contribution in [0.3, 0.4) is 0 Å². The number of hydrogen-bond donors (Lipinski definition) is 2. The minimum absolute atomic E-state index is 0.301. The highest BCUT2D eigenvalue weighted by molar-refractivity contribution is 9.13. The van der Waals surface area contributed by atoms with Gasteiger partial charge in [-0.2, -0.15) is 8.42 Å². The number of fused-ring (bicyclic) bond motifs is 1. The van der Waals surface area contributed by atoms with Gasteiger partial charge in [0.1, 0.15) is 6.26 Å². The molecule has 2 aromatic carbocycles. The molecule has 2 amide bonds. The molecule has 0 aliphatic rings. The van der Waals surface area contributed by atoms with Crippen molar-refractivity contribution < 1.29 is 17.6 Å². The van der Waals surface area contributed by atoms with Crippen LogP contribution in [-0.2, 0) is 10.0 Å². The van der Waals surface area contributed by atoms with E-state index in [4.69, 9.17) is 4.42 Å². The molecule has 0 radical (unpaired) electrons. The summed E-state index contributed by atoms with van der Waals surface area (Å²) < 4.78 is 33.3. The second-order valence-electron chi connectivity index (χ2n) is 4.80. The second-order valence-corrected chi connectivity index (χ2v) is 8.09. The predicted molar refractivity (Wildman–Crippen MR) is 97.4 cm³/mol. The van der Waals surface area contributed by atoms with Gasteiger partial charge in [0.2, 0.25) is 5.09 Å². The van der Waals surface area contributed by atoms with Crippen molar-refractivity contribution >= 4 is 64.4 Å². The van der Waals surface area contributed by atoms with Gasteiger partial charge in [-0.25, -0.2) is 9.52 Å². The van der Waals surface area contributed by atoms with Crippen LogP contribution in [0.25, 0.3) is 10.8 Å². The summed E-state index contributed by atoms with van der Waals surface area (Å²) in [6.45, 7) is 0. The number of amides is 2. The number of hydrogen-bond acceptors (Lipinski definition) is 4. The molecular weight excluding hydrogens is 464 g/mol. The molecule has 0 unspecified atom stereocenters. The summed E-state index contributed by atoms with van der Waals surface area (Å²) in [4.78, 5) is 12.0. The number of carbonyl (C=O) groups excluding carboxylic acids is 1. The predicted octanol–water partition coefficient (Wildman–Crippen LogP) is 4.47. The van der Waals surface area contributed by atoms with Crippen LogP contribution < -0.4 is 10.0 Å². The SMILES string of the molecule is O=C(Nc1ccc(Br)c(Br)c1)NS(=O)(=O)c1occ2ccccc12. The molecule has 3 aromatic rings. The van der Waals surface area contributed by atoms with Crippen molar-refractivity contribution in [1.82, 2.24) is 4.72 Å². The summed E-state index contributed by atoms with van der Waals surface area (Å²) in [6, 6.07) is 10.9. The van der Waals surface area contributed by atoms with Gasteiger partial charge in [0.25, 0.3) is 10.0 Å². The second kappa shape index (κ2) is 6.58. The molecule has 2 N–H and O–H groups in total. The van der Waals surface area contributed by atoms with E-state index in [2.05, 4.69) is 37.2 Å². The average molecular weight is 474 g/mol. The van der Waals surface area contributed by atoms with Crippen molar-refractivity contribution in [3.05, 3.63) is 57.7 Å². The van der Waals surface area contributed by atoms with Gasteiger partial charge >= 0.3 is 6.03 Å². The molecule has 124 valence electrons. The first-order valence-corrected chi connectivity index (χ1v) is 9.69. The van der Waals surface area contributed by atoms with E-state index in [1.807, 2.05) is 4.72 Å². The van der Waals surface area contributed by atoms with Crippen molar-refractivity contribution in [2.75, 3.05) is 5.32 Å². The summed E-state index contributed by atoms with van der Waals surface area (Å²) >= 11 is 6.61. The molecule has 1 aromatic heterocycles. The third-order valence-electron chi connectivity index (χ3n) is 3.12. The standard InChI is InChI=1S/C15H10Br2N2O4S/c16-12-6-5-10(7-13(12)17)18-15(20)19-24(21,22)14-11-4-2-1-3-9(11)8-23-14/h1-8H,(H2,18,19,20). The molecule has 9 heteroatoms. The van der Waals surface area contributed by atoms with Gasteiger partial charge < -0.3 is 9.73 Å². The van der Waals surface area contributed by atoms with Gasteiger partial charge in [0.05, 0.1) is 0 Å². The van der Waals surface area contributed by atoms with E-state index in [9.17, 15) is 13.2 Å². The Balaban J connectivity index is 1.81. The number of carbonyl (C=O) groups is 1. The third-order valence-corrected chi connectivity index (χ3v) is 6.26. The van der Waals surface area contributed by atoms with E-state index in [0.717, 1.165) is 8.95 Å². The topological polar surface area (TPSA) is 88.4 Å². The van der Waals surface area contributed by atoms with Crippen LogP contribution in [0.1, 0.15) is 0 Å².